The zero-order valence-corrected chi connectivity index (χ0v) is 9.22. The molecule has 0 aliphatic heterocycles. The fraction of sp³-hybridized carbons (Fsp3) is 0.556. The van der Waals surface area contributed by atoms with E-state index < -0.39 is 0 Å². The molecule has 1 aliphatic rings. The smallest absolute Gasteiger partial charge is 0.241 e. The summed E-state index contributed by atoms with van der Waals surface area (Å²) in [7, 11) is 0. The van der Waals surface area contributed by atoms with Crippen molar-refractivity contribution in [3.63, 3.8) is 0 Å². The predicted molar refractivity (Wildman–Crippen MR) is 55.3 cm³/mol. The van der Waals surface area contributed by atoms with Crippen LogP contribution in [0.25, 0.3) is 5.57 Å². The Labute approximate surface area is 92.1 Å². The first-order chi connectivity index (χ1) is 6.72. The Morgan fingerprint density at radius 3 is 2.93 bits per heavy atom. The summed E-state index contributed by atoms with van der Waals surface area (Å²) in [5.41, 5.74) is 1.06. The number of rotatable bonds is 2. The highest BCUT2D eigenvalue weighted by atomic mass is 35.5. The van der Waals surface area contributed by atoms with Gasteiger partial charge in [-0.3, -0.25) is 0 Å². The molecule has 1 aromatic rings. The number of hydrogen-bond donors (Lipinski definition) is 0. The van der Waals surface area contributed by atoms with Crippen LogP contribution in [0.5, 0.6) is 0 Å². The van der Waals surface area contributed by atoms with Crippen LogP contribution in [0.3, 0.4) is 0 Å². The zero-order chi connectivity index (χ0) is 10.1. The molecule has 1 aromatic heterocycles. The summed E-state index contributed by atoms with van der Waals surface area (Å²) in [5, 5.41) is 4.00. The van der Waals surface area contributed by atoms with Crippen molar-refractivity contribution < 1.29 is 4.52 Å². The Morgan fingerprint density at radius 1 is 1.64 bits per heavy atom. The van der Waals surface area contributed by atoms with E-state index in [0.717, 1.165) is 12.0 Å². The van der Waals surface area contributed by atoms with Gasteiger partial charge in [-0.1, -0.05) is 18.2 Å². The number of halogens is 2. The molecular formula is C9H10Cl2N2O. The minimum Gasteiger partial charge on any atom is -0.338 e. The van der Waals surface area contributed by atoms with E-state index in [0.29, 0.717) is 11.7 Å². The molecule has 2 atom stereocenters. The highest BCUT2D eigenvalue weighted by molar-refractivity contribution is 6.22. The predicted octanol–water partition coefficient (Wildman–Crippen LogP) is 2.84. The SMILES string of the molecule is C[C@H]1C(c2noc(CCl)n2)=CC[C@H]1Cl. The van der Waals surface area contributed by atoms with E-state index in [2.05, 4.69) is 23.1 Å². The first-order valence-corrected chi connectivity index (χ1v) is 5.42. The average Bonchev–Trinajstić information content (AvgIpc) is 2.75. The molecule has 0 saturated carbocycles. The summed E-state index contributed by atoms with van der Waals surface area (Å²) >= 11 is 11.7. The van der Waals surface area contributed by atoms with Crippen molar-refractivity contribution in [2.45, 2.75) is 24.6 Å². The summed E-state index contributed by atoms with van der Waals surface area (Å²) in [6.45, 7) is 2.06. The fourth-order valence-corrected chi connectivity index (χ4v) is 1.88. The molecule has 14 heavy (non-hydrogen) atoms. The number of aromatic nitrogens is 2. The standard InChI is InChI=1S/C9H10Cl2N2O/c1-5-6(2-3-7(5)11)9-12-8(4-10)14-13-9/h2,5,7H,3-4H2,1H3/t5-,7+/m0/s1. The largest absolute Gasteiger partial charge is 0.338 e. The van der Waals surface area contributed by atoms with Crippen molar-refractivity contribution in [1.29, 1.82) is 0 Å². The number of nitrogens with zero attached hydrogens (tertiary/aromatic N) is 2. The molecule has 0 bridgehead atoms. The van der Waals surface area contributed by atoms with Crippen LogP contribution < -0.4 is 0 Å². The van der Waals surface area contributed by atoms with Gasteiger partial charge in [0.15, 0.2) is 5.82 Å². The van der Waals surface area contributed by atoms with Crippen molar-refractivity contribution >= 4 is 28.8 Å². The third-order valence-corrected chi connectivity index (χ3v) is 3.22. The lowest BCUT2D eigenvalue weighted by Gasteiger charge is -2.08. The number of alkyl halides is 2. The molecular weight excluding hydrogens is 223 g/mol. The van der Waals surface area contributed by atoms with Gasteiger partial charge >= 0.3 is 0 Å². The molecule has 0 radical (unpaired) electrons. The van der Waals surface area contributed by atoms with Crippen molar-refractivity contribution in [2.75, 3.05) is 0 Å². The van der Waals surface area contributed by atoms with Crippen molar-refractivity contribution in [2.24, 2.45) is 5.92 Å². The van der Waals surface area contributed by atoms with Crippen LogP contribution in [0, 0.1) is 5.92 Å². The second-order valence-electron chi connectivity index (χ2n) is 3.35. The Morgan fingerprint density at radius 2 is 2.43 bits per heavy atom. The third-order valence-electron chi connectivity index (χ3n) is 2.44. The molecule has 1 aliphatic carbocycles. The summed E-state index contributed by atoms with van der Waals surface area (Å²) in [6, 6.07) is 0. The van der Waals surface area contributed by atoms with Crippen molar-refractivity contribution in [3.8, 4) is 0 Å². The first kappa shape index (κ1) is 9.99. The Bertz CT molecular complexity index is 361. The molecule has 0 unspecified atom stereocenters. The van der Waals surface area contributed by atoms with Crippen molar-refractivity contribution in [1.82, 2.24) is 10.1 Å². The molecule has 2 rings (SSSR count). The van der Waals surface area contributed by atoms with E-state index in [1.807, 2.05) is 0 Å². The second-order valence-corrected chi connectivity index (χ2v) is 4.17. The minimum atomic E-state index is 0.142. The quantitative estimate of drug-likeness (QED) is 0.737. The number of hydrogen-bond acceptors (Lipinski definition) is 3. The van der Waals surface area contributed by atoms with E-state index in [9.17, 15) is 0 Å². The van der Waals surface area contributed by atoms with Gasteiger partial charge in [-0.15, -0.1) is 23.2 Å². The lowest BCUT2D eigenvalue weighted by Crippen LogP contribution is -2.06. The minimum absolute atomic E-state index is 0.142. The van der Waals surface area contributed by atoms with Crippen molar-refractivity contribution in [3.05, 3.63) is 17.8 Å². The number of allylic oxidation sites excluding steroid dienone is 2. The topological polar surface area (TPSA) is 38.9 Å². The molecule has 0 amide bonds. The molecule has 0 spiro atoms. The molecule has 3 nitrogen and oxygen atoms in total. The summed E-state index contributed by atoms with van der Waals surface area (Å²) < 4.78 is 4.93. The lowest BCUT2D eigenvalue weighted by atomic mass is 10.0. The second kappa shape index (κ2) is 3.91. The van der Waals surface area contributed by atoms with Crippen LogP contribution >= 0.6 is 23.2 Å². The van der Waals surface area contributed by atoms with Gasteiger partial charge in [0.1, 0.15) is 5.88 Å². The average molecular weight is 233 g/mol. The summed E-state index contributed by atoms with van der Waals surface area (Å²) in [6.07, 6.45) is 2.92. The van der Waals surface area contributed by atoms with E-state index in [1.165, 1.54) is 0 Å². The van der Waals surface area contributed by atoms with Crippen LogP contribution in [0.2, 0.25) is 0 Å². The molecule has 1 heterocycles. The maximum Gasteiger partial charge on any atom is 0.241 e. The van der Waals surface area contributed by atoms with Crippen LogP contribution in [0.15, 0.2) is 10.6 Å². The van der Waals surface area contributed by atoms with Gasteiger partial charge in [0.2, 0.25) is 5.89 Å². The van der Waals surface area contributed by atoms with E-state index in [-0.39, 0.29) is 17.2 Å². The van der Waals surface area contributed by atoms with E-state index >= 15 is 0 Å². The monoisotopic (exact) mass is 232 g/mol. The van der Waals surface area contributed by atoms with Crippen LogP contribution in [-0.4, -0.2) is 15.5 Å². The fourth-order valence-electron chi connectivity index (χ4n) is 1.55. The van der Waals surface area contributed by atoms with Gasteiger partial charge < -0.3 is 4.52 Å². The molecule has 0 fully saturated rings. The zero-order valence-electron chi connectivity index (χ0n) is 7.70. The Hall–Kier alpha value is -0.540. The third kappa shape index (κ3) is 1.66. The van der Waals surface area contributed by atoms with Gasteiger partial charge in [0, 0.05) is 16.9 Å². The first-order valence-electron chi connectivity index (χ1n) is 4.45. The normalized spacial score (nSPS) is 26.6. The molecule has 0 saturated heterocycles. The Kier molecular flexibility index (Phi) is 2.79. The molecule has 0 N–H and O–H groups in total. The maximum absolute atomic E-state index is 6.08. The van der Waals surface area contributed by atoms with Crippen LogP contribution in [0.1, 0.15) is 25.1 Å². The molecule has 5 heteroatoms. The lowest BCUT2D eigenvalue weighted by molar-refractivity contribution is 0.387. The molecule has 0 aromatic carbocycles. The summed E-state index contributed by atoms with van der Waals surface area (Å²) in [5.74, 6) is 1.60. The van der Waals surface area contributed by atoms with Crippen LogP contribution in [0.4, 0.5) is 0 Å². The highest BCUT2D eigenvalue weighted by Gasteiger charge is 2.27. The van der Waals surface area contributed by atoms with Gasteiger partial charge in [0.25, 0.3) is 0 Å². The van der Waals surface area contributed by atoms with Gasteiger partial charge in [-0.25, -0.2) is 0 Å². The maximum atomic E-state index is 6.08. The molecule has 76 valence electrons. The van der Waals surface area contributed by atoms with Gasteiger partial charge in [0.05, 0.1) is 0 Å². The van der Waals surface area contributed by atoms with Crippen LogP contribution in [-0.2, 0) is 5.88 Å². The highest BCUT2D eigenvalue weighted by Crippen LogP contribution is 2.35. The van der Waals surface area contributed by atoms with Gasteiger partial charge in [-0.05, 0) is 6.42 Å². The van der Waals surface area contributed by atoms with Gasteiger partial charge in [-0.2, -0.15) is 4.98 Å². The Balaban J connectivity index is 2.23. The van der Waals surface area contributed by atoms with E-state index in [4.69, 9.17) is 27.7 Å². The summed E-state index contributed by atoms with van der Waals surface area (Å²) in [4.78, 5) is 4.16. The van der Waals surface area contributed by atoms with E-state index in [1.54, 1.807) is 0 Å².